The van der Waals surface area contributed by atoms with Crippen molar-refractivity contribution in [2.45, 2.75) is 18.2 Å². The molecule has 0 fully saturated rings. The number of carboxylic acid groups (broad SMARTS) is 1. The molecule has 158 valence electrons. The summed E-state index contributed by atoms with van der Waals surface area (Å²) < 4.78 is 22.9. The molecule has 3 atom stereocenters. The zero-order chi connectivity index (χ0) is 21.5. The molecular weight excluding hydrogens is 381 g/mol. The van der Waals surface area contributed by atoms with E-state index < -0.39 is 30.8 Å². The molecule has 0 saturated carbocycles. The summed E-state index contributed by atoms with van der Waals surface area (Å²) in [7, 11) is 0. The van der Waals surface area contributed by atoms with Gasteiger partial charge in [-0.25, -0.2) is 9.18 Å². The zero-order valence-electron chi connectivity index (χ0n) is 15.8. The SMILES string of the molecule is N[C@H](C=CC=CC=CC=C[C@H](O)COc1ccc(F)cc1)[C@H](O)COCC(=O)O. The van der Waals surface area contributed by atoms with Gasteiger partial charge in [-0.1, -0.05) is 48.6 Å². The van der Waals surface area contributed by atoms with Crippen LogP contribution in [0, 0.1) is 5.82 Å². The van der Waals surface area contributed by atoms with Crippen molar-refractivity contribution in [3.63, 3.8) is 0 Å². The van der Waals surface area contributed by atoms with Gasteiger partial charge in [0.05, 0.1) is 18.8 Å². The van der Waals surface area contributed by atoms with Crippen LogP contribution in [0.4, 0.5) is 4.39 Å². The maximum atomic E-state index is 12.8. The minimum atomic E-state index is -1.11. The van der Waals surface area contributed by atoms with Crippen LogP contribution < -0.4 is 10.5 Å². The first kappa shape index (κ1) is 24.3. The molecule has 5 N–H and O–H groups in total. The van der Waals surface area contributed by atoms with Crippen molar-refractivity contribution in [3.05, 3.63) is 78.7 Å². The first-order valence-electron chi connectivity index (χ1n) is 8.86. The van der Waals surface area contributed by atoms with Crippen molar-refractivity contribution < 1.29 is 34.0 Å². The highest BCUT2D eigenvalue weighted by atomic mass is 19.1. The molecular formula is C21H26FNO6. The molecule has 0 unspecified atom stereocenters. The minimum absolute atomic E-state index is 0.0466. The maximum Gasteiger partial charge on any atom is 0.329 e. The molecule has 1 aromatic rings. The second kappa shape index (κ2) is 14.3. The van der Waals surface area contributed by atoms with Gasteiger partial charge in [0, 0.05) is 0 Å². The number of benzene rings is 1. The molecule has 8 heteroatoms. The summed E-state index contributed by atoms with van der Waals surface area (Å²) in [5.74, 6) is -0.993. The van der Waals surface area contributed by atoms with Gasteiger partial charge in [0.1, 0.15) is 30.9 Å². The highest BCUT2D eigenvalue weighted by Gasteiger charge is 2.12. The molecule has 1 aromatic carbocycles. The fourth-order valence-corrected chi connectivity index (χ4v) is 1.92. The van der Waals surface area contributed by atoms with Gasteiger partial charge in [-0.3, -0.25) is 0 Å². The van der Waals surface area contributed by atoms with E-state index >= 15 is 0 Å². The second-order valence-corrected chi connectivity index (χ2v) is 5.93. The topological polar surface area (TPSA) is 122 Å². The van der Waals surface area contributed by atoms with Crippen molar-refractivity contribution in [1.29, 1.82) is 0 Å². The summed E-state index contributed by atoms with van der Waals surface area (Å²) in [6.07, 6.45) is 11.5. The molecule has 0 aliphatic rings. The number of aliphatic carboxylic acids is 1. The van der Waals surface area contributed by atoms with Crippen LogP contribution in [0.1, 0.15) is 0 Å². The van der Waals surface area contributed by atoms with Crippen molar-refractivity contribution in [1.82, 2.24) is 0 Å². The Hall–Kier alpha value is -2.78. The third-order valence-corrected chi connectivity index (χ3v) is 3.41. The Kier molecular flexibility index (Phi) is 11.9. The van der Waals surface area contributed by atoms with Crippen molar-refractivity contribution in [2.24, 2.45) is 5.73 Å². The first-order valence-corrected chi connectivity index (χ1v) is 8.86. The molecule has 0 heterocycles. The largest absolute Gasteiger partial charge is 0.491 e. The molecule has 0 bridgehead atoms. The average Bonchev–Trinajstić information content (AvgIpc) is 2.69. The molecule has 0 aromatic heterocycles. The number of hydrogen-bond acceptors (Lipinski definition) is 6. The molecule has 0 amide bonds. The van der Waals surface area contributed by atoms with Gasteiger partial charge in [0.15, 0.2) is 0 Å². The van der Waals surface area contributed by atoms with Crippen LogP contribution >= 0.6 is 0 Å². The van der Waals surface area contributed by atoms with Gasteiger partial charge >= 0.3 is 5.97 Å². The Bertz CT molecular complexity index is 714. The maximum absolute atomic E-state index is 12.8. The smallest absolute Gasteiger partial charge is 0.329 e. The molecule has 0 aliphatic heterocycles. The number of aliphatic hydroxyl groups excluding tert-OH is 2. The van der Waals surface area contributed by atoms with E-state index in [4.69, 9.17) is 20.3 Å². The summed E-state index contributed by atoms with van der Waals surface area (Å²) in [6, 6.07) is 4.84. The summed E-state index contributed by atoms with van der Waals surface area (Å²) in [5, 5.41) is 27.9. The molecule has 7 nitrogen and oxygen atoms in total. The van der Waals surface area contributed by atoms with Crippen molar-refractivity contribution in [3.8, 4) is 5.75 Å². The van der Waals surface area contributed by atoms with E-state index in [9.17, 15) is 19.4 Å². The lowest BCUT2D eigenvalue weighted by Gasteiger charge is -2.14. The highest BCUT2D eigenvalue weighted by Crippen LogP contribution is 2.11. The van der Waals surface area contributed by atoms with Crippen LogP contribution in [0.15, 0.2) is 72.9 Å². The number of aliphatic hydroxyl groups is 2. The Balaban J connectivity index is 2.24. The molecule has 0 aliphatic carbocycles. The van der Waals surface area contributed by atoms with Crippen molar-refractivity contribution >= 4 is 5.97 Å². The number of ether oxygens (including phenoxy) is 2. The number of carbonyl (C=O) groups is 1. The Labute approximate surface area is 168 Å². The third-order valence-electron chi connectivity index (χ3n) is 3.41. The lowest BCUT2D eigenvalue weighted by Crippen LogP contribution is -2.36. The van der Waals surface area contributed by atoms with E-state index in [1.807, 2.05) is 0 Å². The minimum Gasteiger partial charge on any atom is -0.491 e. The Morgan fingerprint density at radius 3 is 2.21 bits per heavy atom. The number of carboxylic acids is 1. The summed E-state index contributed by atoms with van der Waals surface area (Å²) in [4.78, 5) is 10.3. The predicted molar refractivity (Wildman–Crippen MR) is 107 cm³/mol. The van der Waals surface area contributed by atoms with Gasteiger partial charge in [0.2, 0.25) is 0 Å². The van der Waals surface area contributed by atoms with E-state index in [0.717, 1.165) is 0 Å². The van der Waals surface area contributed by atoms with E-state index in [1.165, 1.54) is 24.3 Å². The average molecular weight is 407 g/mol. The third kappa shape index (κ3) is 12.3. The van der Waals surface area contributed by atoms with Gasteiger partial charge in [-0.15, -0.1) is 0 Å². The summed E-state index contributed by atoms with van der Waals surface area (Å²) >= 11 is 0. The van der Waals surface area contributed by atoms with Gasteiger partial charge < -0.3 is 30.5 Å². The van der Waals surface area contributed by atoms with Crippen LogP contribution in [0.3, 0.4) is 0 Å². The van der Waals surface area contributed by atoms with Crippen LogP contribution in [0.25, 0.3) is 0 Å². The normalized spacial score (nSPS) is 15.4. The first-order chi connectivity index (χ1) is 13.9. The number of nitrogens with two attached hydrogens (primary N) is 1. The molecule has 29 heavy (non-hydrogen) atoms. The summed E-state index contributed by atoms with van der Waals surface area (Å²) in [6.45, 7) is -0.608. The van der Waals surface area contributed by atoms with E-state index in [2.05, 4.69) is 0 Å². The van der Waals surface area contributed by atoms with Crippen LogP contribution in [-0.4, -0.2) is 59.4 Å². The number of halogens is 1. The monoisotopic (exact) mass is 407 g/mol. The van der Waals surface area contributed by atoms with E-state index in [0.29, 0.717) is 5.75 Å². The lowest BCUT2D eigenvalue weighted by molar-refractivity contribution is -0.143. The number of allylic oxidation sites excluding steroid dienone is 6. The highest BCUT2D eigenvalue weighted by molar-refractivity contribution is 5.67. The van der Waals surface area contributed by atoms with Crippen LogP contribution in [-0.2, 0) is 9.53 Å². The van der Waals surface area contributed by atoms with Gasteiger partial charge in [-0.2, -0.15) is 0 Å². The molecule has 1 rings (SSSR count). The zero-order valence-corrected chi connectivity index (χ0v) is 15.8. The lowest BCUT2D eigenvalue weighted by atomic mass is 10.1. The van der Waals surface area contributed by atoms with Gasteiger partial charge in [-0.05, 0) is 24.3 Å². The van der Waals surface area contributed by atoms with Crippen molar-refractivity contribution in [2.75, 3.05) is 19.8 Å². The van der Waals surface area contributed by atoms with E-state index in [1.54, 1.807) is 48.6 Å². The predicted octanol–water partition coefficient (Wildman–Crippen LogP) is 1.58. The molecule has 0 radical (unpaired) electrons. The Morgan fingerprint density at radius 1 is 1.00 bits per heavy atom. The van der Waals surface area contributed by atoms with Crippen LogP contribution in [0.2, 0.25) is 0 Å². The fraction of sp³-hybridized carbons (Fsp3) is 0.286. The summed E-state index contributed by atoms with van der Waals surface area (Å²) in [5.41, 5.74) is 5.72. The fourth-order valence-electron chi connectivity index (χ4n) is 1.92. The molecule has 0 spiro atoms. The number of hydrogen-bond donors (Lipinski definition) is 4. The number of rotatable bonds is 13. The molecule has 0 saturated heterocycles. The van der Waals surface area contributed by atoms with Crippen LogP contribution in [0.5, 0.6) is 5.75 Å². The van der Waals surface area contributed by atoms with E-state index in [-0.39, 0.29) is 19.0 Å². The second-order valence-electron chi connectivity index (χ2n) is 5.93. The van der Waals surface area contributed by atoms with Gasteiger partial charge in [0.25, 0.3) is 0 Å². The standard InChI is InChI=1S/C21H26FNO6/c22-16-9-11-18(12-10-16)29-13-17(24)7-5-3-1-2-4-6-8-19(23)20(25)14-28-15-21(26)27/h1-12,17,19-20,24-25H,13-15,23H2,(H,26,27)/t17-,19+,20+/m0/s1. The quantitative estimate of drug-likeness (QED) is 0.366. The Morgan fingerprint density at radius 2 is 1.59 bits per heavy atom.